The van der Waals surface area contributed by atoms with Crippen molar-refractivity contribution >= 4 is 22.8 Å². The Hall–Kier alpha value is -4.59. The molecule has 0 bridgehead atoms. The Morgan fingerprint density at radius 2 is 1.71 bits per heavy atom. The summed E-state index contributed by atoms with van der Waals surface area (Å²) < 4.78 is 48.7. The molecular weight excluding hydrogens is 588 g/mol. The number of benzene rings is 1. The second kappa shape index (κ2) is 11.7. The highest BCUT2D eigenvalue weighted by Gasteiger charge is 2.45. The predicted octanol–water partition coefficient (Wildman–Crippen LogP) is 5.03. The molecule has 2 aliphatic rings. The third kappa shape index (κ3) is 5.47. The van der Waals surface area contributed by atoms with Crippen LogP contribution in [0.3, 0.4) is 0 Å². The first kappa shape index (κ1) is 30.4. The SMILES string of the molecule is COc1cc(OC)c(F)c(-c2cc3cnc(-c4cnn(C5CCN(C(=O)O)C5C(C)(C)C)c4)nc3c(N3CCOCC3)n2)c1F. The Morgan fingerprint density at radius 1 is 1.02 bits per heavy atom. The number of halogens is 2. The summed E-state index contributed by atoms with van der Waals surface area (Å²) in [7, 11) is 2.59. The van der Waals surface area contributed by atoms with Crippen LogP contribution in [-0.2, 0) is 4.74 Å². The molecular formula is C31H35F2N7O5. The minimum atomic E-state index is -0.947. The largest absolute Gasteiger partial charge is 0.494 e. The molecule has 2 unspecified atom stereocenters. The Kier molecular flexibility index (Phi) is 7.93. The maximum Gasteiger partial charge on any atom is 0.407 e. The number of carbonyl (C=O) groups is 1. The van der Waals surface area contributed by atoms with Crippen molar-refractivity contribution < 1.29 is 32.9 Å². The minimum absolute atomic E-state index is 0.0396. The molecule has 2 saturated heterocycles. The molecule has 2 atom stereocenters. The van der Waals surface area contributed by atoms with E-state index in [0.717, 1.165) is 6.07 Å². The van der Waals surface area contributed by atoms with Gasteiger partial charge in [0.2, 0.25) is 0 Å². The van der Waals surface area contributed by atoms with Gasteiger partial charge in [0.25, 0.3) is 0 Å². The molecule has 0 aliphatic carbocycles. The summed E-state index contributed by atoms with van der Waals surface area (Å²) in [5.74, 6) is -1.33. The fourth-order valence-corrected chi connectivity index (χ4v) is 6.34. The van der Waals surface area contributed by atoms with Crippen LogP contribution in [0.1, 0.15) is 33.2 Å². The molecule has 1 N–H and O–H groups in total. The molecule has 6 rings (SSSR count). The number of anilines is 1. The number of hydrogen-bond acceptors (Lipinski definition) is 9. The zero-order chi connectivity index (χ0) is 32.0. The Labute approximate surface area is 258 Å². The fraction of sp³-hybridized carbons (Fsp3) is 0.452. The van der Waals surface area contributed by atoms with Crippen molar-refractivity contribution in [2.24, 2.45) is 5.41 Å². The number of fused-ring (bicyclic) bond motifs is 1. The van der Waals surface area contributed by atoms with Crippen LogP contribution in [0.25, 0.3) is 33.5 Å². The second-order valence-electron chi connectivity index (χ2n) is 12.2. The van der Waals surface area contributed by atoms with Crippen molar-refractivity contribution in [2.75, 3.05) is 52.0 Å². The first-order valence-electron chi connectivity index (χ1n) is 14.7. The van der Waals surface area contributed by atoms with Gasteiger partial charge < -0.3 is 29.1 Å². The monoisotopic (exact) mass is 623 g/mol. The van der Waals surface area contributed by atoms with E-state index in [1.165, 1.54) is 19.1 Å². The van der Waals surface area contributed by atoms with Gasteiger partial charge in [-0.2, -0.15) is 5.10 Å². The number of pyridine rings is 1. The van der Waals surface area contributed by atoms with Gasteiger partial charge in [-0.25, -0.2) is 28.5 Å². The molecule has 3 aromatic heterocycles. The van der Waals surface area contributed by atoms with E-state index in [1.807, 2.05) is 31.9 Å². The van der Waals surface area contributed by atoms with E-state index in [9.17, 15) is 9.90 Å². The summed E-state index contributed by atoms with van der Waals surface area (Å²) in [5, 5.41) is 14.9. The number of likely N-dealkylation sites (tertiary alicyclic amines) is 1. The van der Waals surface area contributed by atoms with Crippen LogP contribution in [0, 0.1) is 17.0 Å². The molecule has 238 valence electrons. The number of rotatable bonds is 6. The lowest BCUT2D eigenvalue weighted by molar-refractivity contribution is 0.0906. The third-order valence-corrected chi connectivity index (χ3v) is 8.39. The summed E-state index contributed by atoms with van der Waals surface area (Å²) in [6, 6.07) is 2.27. The molecule has 5 heterocycles. The van der Waals surface area contributed by atoms with Gasteiger partial charge in [-0.3, -0.25) is 4.68 Å². The number of carboxylic acid groups (broad SMARTS) is 1. The van der Waals surface area contributed by atoms with Crippen LogP contribution in [0.5, 0.6) is 11.5 Å². The van der Waals surface area contributed by atoms with Crippen molar-refractivity contribution in [3.05, 3.63) is 42.4 Å². The summed E-state index contributed by atoms with van der Waals surface area (Å²) in [6.45, 7) is 8.41. The average molecular weight is 624 g/mol. The molecule has 0 spiro atoms. The van der Waals surface area contributed by atoms with E-state index in [2.05, 4.69) is 10.1 Å². The van der Waals surface area contributed by atoms with Gasteiger partial charge in [-0.15, -0.1) is 0 Å². The summed E-state index contributed by atoms with van der Waals surface area (Å²) in [4.78, 5) is 29.6. The average Bonchev–Trinajstić information content (AvgIpc) is 3.69. The van der Waals surface area contributed by atoms with E-state index >= 15 is 8.78 Å². The molecule has 2 fully saturated rings. The van der Waals surface area contributed by atoms with Gasteiger partial charge >= 0.3 is 6.09 Å². The standard InChI is InChI=1S/C31H35F2N7O5/c1-31(2,3)27-20(6-7-39(27)30(41)42)40-16-18(15-35-40)28-34-14-17-12-19(23-24(32)21(43-4)13-22(44-5)25(23)33)36-29(26(17)37-28)38-8-10-45-11-9-38/h12-16,20,27H,6-11H2,1-5H3,(H,41,42). The number of hydrogen-bond donors (Lipinski definition) is 1. The van der Waals surface area contributed by atoms with Gasteiger partial charge in [-0.1, -0.05) is 20.8 Å². The second-order valence-corrected chi connectivity index (χ2v) is 12.2. The molecule has 0 saturated carbocycles. The zero-order valence-electron chi connectivity index (χ0n) is 25.8. The summed E-state index contributed by atoms with van der Waals surface area (Å²) in [6.07, 6.45) is 4.77. The van der Waals surface area contributed by atoms with Gasteiger partial charge in [0.15, 0.2) is 34.8 Å². The number of nitrogens with zero attached hydrogens (tertiary/aromatic N) is 7. The third-order valence-electron chi connectivity index (χ3n) is 8.39. The van der Waals surface area contributed by atoms with E-state index in [-0.39, 0.29) is 40.3 Å². The van der Waals surface area contributed by atoms with Crippen LogP contribution in [0.4, 0.5) is 19.4 Å². The highest BCUT2D eigenvalue weighted by atomic mass is 19.1. The first-order valence-corrected chi connectivity index (χ1v) is 14.7. The van der Waals surface area contributed by atoms with Gasteiger partial charge in [0.05, 0.1) is 62.5 Å². The van der Waals surface area contributed by atoms with Crippen molar-refractivity contribution in [1.29, 1.82) is 0 Å². The molecule has 4 aromatic rings. The highest BCUT2D eigenvalue weighted by molar-refractivity contribution is 5.92. The van der Waals surface area contributed by atoms with Gasteiger partial charge in [0, 0.05) is 43.5 Å². The molecule has 0 radical (unpaired) electrons. The molecule has 45 heavy (non-hydrogen) atoms. The smallest absolute Gasteiger partial charge is 0.407 e. The van der Waals surface area contributed by atoms with Crippen molar-refractivity contribution in [1.82, 2.24) is 29.6 Å². The van der Waals surface area contributed by atoms with Crippen LogP contribution < -0.4 is 14.4 Å². The van der Waals surface area contributed by atoms with Crippen LogP contribution in [0.2, 0.25) is 0 Å². The van der Waals surface area contributed by atoms with Crippen molar-refractivity contribution in [3.63, 3.8) is 0 Å². The maximum atomic E-state index is 15.5. The number of morpholine rings is 1. The lowest BCUT2D eigenvalue weighted by Crippen LogP contribution is -2.46. The van der Waals surface area contributed by atoms with Gasteiger partial charge in [-0.05, 0) is 17.9 Å². The van der Waals surface area contributed by atoms with Crippen molar-refractivity contribution in [2.45, 2.75) is 39.3 Å². The van der Waals surface area contributed by atoms with Crippen LogP contribution >= 0.6 is 0 Å². The molecule has 12 nitrogen and oxygen atoms in total. The maximum absolute atomic E-state index is 15.5. The molecule has 14 heteroatoms. The van der Waals surface area contributed by atoms with E-state index in [4.69, 9.17) is 24.2 Å². The van der Waals surface area contributed by atoms with E-state index in [0.29, 0.717) is 67.4 Å². The molecule has 1 aromatic carbocycles. The Morgan fingerprint density at radius 3 is 2.33 bits per heavy atom. The van der Waals surface area contributed by atoms with Crippen LogP contribution in [0.15, 0.2) is 30.7 Å². The molecule has 1 amide bonds. The minimum Gasteiger partial charge on any atom is -0.494 e. The molecule has 2 aliphatic heterocycles. The summed E-state index contributed by atoms with van der Waals surface area (Å²) >= 11 is 0. The Balaban J connectivity index is 1.45. The quantitative estimate of drug-likeness (QED) is 0.313. The lowest BCUT2D eigenvalue weighted by atomic mass is 9.83. The summed E-state index contributed by atoms with van der Waals surface area (Å²) in [5.41, 5.74) is 0.489. The first-order chi connectivity index (χ1) is 21.5. The number of amides is 1. The zero-order valence-corrected chi connectivity index (χ0v) is 25.8. The number of ether oxygens (including phenoxy) is 3. The predicted molar refractivity (Wildman–Crippen MR) is 162 cm³/mol. The van der Waals surface area contributed by atoms with Gasteiger partial charge in [0.1, 0.15) is 5.52 Å². The van der Waals surface area contributed by atoms with Crippen LogP contribution in [-0.4, -0.2) is 93.9 Å². The van der Waals surface area contributed by atoms with E-state index in [1.54, 1.807) is 23.1 Å². The fourth-order valence-electron chi connectivity index (χ4n) is 6.34. The topological polar surface area (TPSA) is 128 Å². The normalized spacial score (nSPS) is 18.9. The number of aromatic nitrogens is 5. The van der Waals surface area contributed by atoms with E-state index < -0.39 is 17.7 Å². The van der Waals surface area contributed by atoms with Crippen molar-refractivity contribution in [3.8, 4) is 34.1 Å². The highest BCUT2D eigenvalue weighted by Crippen LogP contribution is 2.41. The number of methoxy groups -OCH3 is 2. The Bertz CT molecular complexity index is 1720. The lowest BCUT2D eigenvalue weighted by Gasteiger charge is -2.36.